The van der Waals surface area contributed by atoms with Crippen LogP contribution in [-0.4, -0.2) is 60.0 Å². The summed E-state index contributed by atoms with van der Waals surface area (Å²) in [4.78, 5) is 26.2. The van der Waals surface area contributed by atoms with E-state index in [-0.39, 0.29) is 23.7 Å². The minimum absolute atomic E-state index is 0.265. The van der Waals surface area contributed by atoms with E-state index >= 15 is 0 Å². The van der Waals surface area contributed by atoms with Crippen LogP contribution >= 0.6 is 11.6 Å². The molecule has 0 radical (unpaired) electrons. The first-order valence-corrected chi connectivity index (χ1v) is 12.5. The number of carbonyl (C=O) groups is 1. The zero-order chi connectivity index (χ0) is 25.2. The summed E-state index contributed by atoms with van der Waals surface area (Å²) in [6, 6.07) is 10.7. The highest BCUT2D eigenvalue weighted by molar-refractivity contribution is 6.34. The Hall–Kier alpha value is -3.43. The maximum atomic E-state index is 14.9. The number of piperazine rings is 1. The molecule has 2 aliphatic rings. The van der Waals surface area contributed by atoms with E-state index in [9.17, 15) is 9.18 Å². The molecule has 1 aliphatic heterocycles. The lowest BCUT2D eigenvalue weighted by Gasteiger charge is -2.34. The second-order valence-electron chi connectivity index (χ2n) is 9.34. The molecule has 2 heterocycles. The van der Waals surface area contributed by atoms with E-state index in [1.54, 1.807) is 12.1 Å². The largest absolute Gasteiger partial charge is 0.367 e. The molecule has 188 valence electrons. The van der Waals surface area contributed by atoms with Crippen molar-refractivity contribution < 1.29 is 9.18 Å². The molecular formula is C26H29ClFN7O. The first-order valence-electron chi connectivity index (χ1n) is 12.1. The number of hydrogen-bond acceptors (Lipinski definition) is 7. The zero-order valence-electron chi connectivity index (χ0n) is 20.3. The third-order valence-electron chi connectivity index (χ3n) is 6.46. The Morgan fingerprint density at radius 1 is 1.14 bits per heavy atom. The third-order valence-corrected chi connectivity index (χ3v) is 6.77. The van der Waals surface area contributed by atoms with Crippen molar-refractivity contribution in [3.8, 4) is 0 Å². The molecule has 2 fully saturated rings. The Labute approximate surface area is 214 Å². The van der Waals surface area contributed by atoms with Crippen LogP contribution in [-0.2, 0) is 0 Å². The van der Waals surface area contributed by atoms with Gasteiger partial charge in [0.25, 0.3) is 5.91 Å². The van der Waals surface area contributed by atoms with Crippen LogP contribution in [0.2, 0.25) is 5.02 Å². The average Bonchev–Trinajstić information content (AvgIpc) is 3.67. The van der Waals surface area contributed by atoms with E-state index < -0.39 is 0 Å². The highest BCUT2D eigenvalue weighted by Gasteiger charge is 2.25. The average molecular weight is 510 g/mol. The lowest BCUT2D eigenvalue weighted by molar-refractivity contribution is 0.102. The van der Waals surface area contributed by atoms with Crippen LogP contribution in [0.4, 0.5) is 33.2 Å². The Morgan fingerprint density at radius 3 is 2.61 bits per heavy atom. The molecule has 36 heavy (non-hydrogen) atoms. The minimum Gasteiger partial charge on any atom is -0.367 e. The van der Waals surface area contributed by atoms with Crippen molar-refractivity contribution in [3.05, 3.63) is 64.6 Å². The number of para-hydroxylation sites is 1. The number of benzene rings is 2. The molecule has 8 nitrogen and oxygen atoms in total. The Bertz CT molecular complexity index is 1250. The fourth-order valence-electron chi connectivity index (χ4n) is 4.13. The van der Waals surface area contributed by atoms with Gasteiger partial charge in [0.05, 0.1) is 16.4 Å². The molecule has 1 aromatic heterocycles. The molecule has 0 atom stereocenters. The van der Waals surface area contributed by atoms with E-state index in [1.165, 1.54) is 12.3 Å². The second-order valence-corrected chi connectivity index (χ2v) is 9.75. The van der Waals surface area contributed by atoms with E-state index in [2.05, 4.69) is 42.8 Å². The highest BCUT2D eigenvalue weighted by Crippen LogP contribution is 2.30. The number of rotatable bonds is 7. The molecule has 0 bridgehead atoms. The standard InChI is InChI=1S/C26H29ClFN7O/c1-16-4-3-5-20(27)23(16)32-25(36)19-15-29-26(33-24(19)30-17-6-7-17)31-18-8-9-22(21(28)14-18)35-12-10-34(2)11-13-35/h3-5,8-9,14-15,17H,6-7,10-13H2,1-2H3,(H,32,36)(H2,29,30,31,33). The number of anilines is 5. The number of nitrogens with zero attached hydrogens (tertiary/aromatic N) is 4. The number of aryl methyl sites for hydroxylation is 1. The maximum Gasteiger partial charge on any atom is 0.261 e. The summed E-state index contributed by atoms with van der Waals surface area (Å²) >= 11 is 6.28. The summed E-state index contributed by atoms with van der Waals surface area (Å²) in [6.07, 6.45) is 3.49. The topological polar surface area (TPSA) is 85.4 Å². The van der Waals surface area contributed by atoms with E-state index in [0.717, 1.165) is 44.6 Å². The van der Waals surface area contributed by atoms with Crippen molar-refractivity contribution in [1.29, 1.82) is 0 Å². The fraction of sp³-hybridized carbons (Fsp3) is 0.346. The van der Waals surface area contributed by atoms with E-state index in [0.29, 0.717) is 33.5 Å². The number of hydrogen-bond donors (Lipinski definition) is 3. The van der Waals surface area contributed by atoms with Gasteiger partial charge in [0.2, 0.25) is 5.95 Å². The molecule has 10 heteroatoms. The predicted octanol–water partition coefficient (Wildman–Crippen LogP) is 4.90. The number of aromatic nitrogens is 2. The van der Waals surface area contributed by atoms with Gasteiger partial charge in [-0.05, 0) is 56.6 Å². The van der Waals surface area contributed by atoms with Crippen LogP contribution in [0.25, 0.3) is 0 Å². The van der Waals surface area contributed by atoms with Crippen LogP contribution in [0.15, 0.2) is 42.6 Å². The normalized spacial score (nSPS) is 16.1. The van der Waals surface area contributed by atoms with Gasteiger partial charge in [0, 0.05) is 44.1 Å². The van der Waals surface area contributed by atoms with Gasteiger partial charge in [-0.25, -0.2) is 9.37 Å². The first kappa shape index (κ1) is 24.3. The molecule has 1 saturated carbocycles. The van der Waals surface area contributed by atoms with Crippen LogP contribution in [0, 0.1) is 12.7 Å². The summed E-state index contributed by atoms with van der Waals surface area (Å²) in [7, 11) is 2.07. The fourth-order valence-corrected chi connectivity index (χ4v) is 4.40. The lowest BCUT2D eigenvalue weighted by atomic mass is 10.2. The van der Waals surface area contributed by atoms with Crippen molar-refractivity contribution in [2.45, 2.75) is 25.8 Å². The molecule has 1 aliphatic carbocycles. The zero-order valence-corrected chi connectivity index (χ0v) is 21.1. The van der Waals surface area contributed by atoms with Gasteiger partial charge in [-0.3, -0.25) is 4.79 Å². The van der Waals surface area contributed by atoms with Crippen molar-refractivity contribution in [1.82, 2.24) is 14.9 Å². The summed E-state index contributed by atoms with van der Waals surface area (Å²) < 4.78 is 14.9. The minimum atomic E-state index is -0.358. The SMILES string of the molecule is Cc1cccc(Cl)c1NC(=O)c1cnc(Nc2ccc(N3CCN(C)CC3)c(F)c2)nc1NC1CC1. The molecule has 0 unspecified atom stereocenters. The van der Waals surface area contributed by atoms with Crippen LogP contribution in [0.3, 0.4) is 0 Å². The monoisotopic (exact) mass is 509 g/mol. The Kier molecular flexibility index (Phi) is 6.93. The number of carbonyl (C=O) groups excluding carboxylic acids is 1. The molecule has 1 amide bonds. The number of nitrogens with one attached hydrogen (secondary N) is 3. The number of halogens is 2. The summed E-state index contributed by atoms with van der Waals surface area (Å²) in [5.41, 5.74) is 2.84. The Morgan fingerprint density at radius 2 is 1.92 bits per heavy atom. The number of amides is 1. The molecule has 0 spiro atoms. The van der Waals surface area contributed by atoms with Gasteiger partial charge in [-0.15, -0.1) is 0 Å². The van der Waals surface area contributed by atoms with Crippen LogP contribution in [0.5, 0.6) is 0 Å². The quantitative estimate of drug-likeness (QED) is 0.417. The van der Waals surface area contributed by atoms with Gasteiger partial charge < -0.3 is 25.8 Å². The van der Waals surface area contributed by atoms with Gasteiger partial charge in [-0.1, -0.05) is 23.7 Å². The molecule has 5 rings (SSSR count). The van der Waals surface area contributed by atoms with E-state index in [1.807, 2.05) is 25.1 Å². The van der Waals surface area contributed by atoms with Crippen molar-refractivity contribution in [3.63, 3.8) is 0 Å². The van der Waals surface area contributed by atoms with E-state index in [4.69, 9.17) is 11.6 Å². The molecule has 3 aromatic rings. The van der Waals surface area contributed by atoms with Gasteiger partial charge in [0.15, 0.2) is 0 Å². The lowest BCUT2D eigenvalue weighted by Crippen LogP contribution is -2.44. The molecule has 1 saturated heterocycles. The molecule has 2 aromatic carbocycles. The van der Waals surface area contributed by atoms with Gasteiger partial charge in [0.1, 0.15) is 17.2 Å². The summed E-state index contributed by atoms with van der Waals surface area (Å²) in [5.74, 6) is 0.0394. The van der Waals surface area contributed by atoms with Gasteiger partial charge in [-0.2, -0.15) is 4.98 Å². The first-order chi connectivity index (χ1) is 17.4. The highest BCUT2D eigenvalue weighted by atomic mass is 35.5. The third kappa shape index (κ3) is 5.52. The molecule has 3 N–H and O–H groups in total. The van der Waals surface area contributed by atoms with Gasteiger partial charge >= 0.3 is 0 Å². The maximum absolute atomic E-state index is 14.9. The van der Waals surface area contributed by atoms with Crippen molar-refractivity contribution >= 4 is 46.3 Å². The van der Waals surface area contributed by atoms with Crippen molar-refractivity contribution in [2.24, 2.45) is 0 Å². The number of likely N-dealkylation sites (N-methyl/N-ethyl adjacent to an activating group) is 1. The van der Waals surface area contributed by atoms with Crippen LogP contribution in [0.1, 0.15) is 28.8 Å². The second kappa shape index (κ2) is 10.3. The smallest absolute Gasteiger partial charge is 0.261 e. The Balaban J connectivity index is 1.34. The van der Waals surface area contributed by atoms with Crippen LogP contribution < -0.4 is 20.9 Å². The summed E-state index contributed by atoms with van der Waals surface area (Å²) in [6.45, 7) is 5.26. The summed E-state index contributed by atoms with van der Waals surface area (Å²) in [5, 5.41) is 9.71. The molecular weight excluding hydrogens is 481 g/mol. The van der Waals surface area contributed by atoms with Crippen molar-refractivity contribution in [2.75, 3.05) is 54.1 Å². The predicted molar refractivity (Wildman–Crippen MR) is 142 cm³/mol.